The van der Waals surface area contributed by atoms with Crippen molar-refractivity contribution in [3.63, 3.8) is 0 Å². The van der Waals surface area contributed by atoms with Crippen molar-refractivity contribution >= 4 is 7.82 Å². The van der Waals surface area contributed by atoms with E-state index in [9.17, 15) is 14.6 Å². The second kappa shape index (κ2) is 21.1. The Morgan fingerprint density at radius 2 is 1.36 bits per heavy atom. The molecule has 0 aliphatic heterocycles. The van der Waals surface area contributed by atoms with Gasteiger partial charge in [0.25, 0.3) is 7.82 Å². The van der Waals surface area contributed by atoms with Gasteiger partial charge < -0.3 is 23.5 Å². The molecule has 0 saturated heterocycles. The summed E-state index contributed by atoms with van der Waals surface area (Å²) in [5.74, 6) is -0.161. The molecule has 2 unspecified atom stereocenters. The average molecular weight is 492 g/mol. The molecule has 198 valence electrons. The molecule has 0 aromatic heterocycles. The normalized spacial score (nSPS) is 15.2. The van der Waals surface area contributed by atoms with Crippen LogP contribution >= 0.6 is 7.82 Å². The Labute approximate surface area is 205 Å². The molecule has 0 fully saturated rings. The van der Waals surface area contributed by atoms with Crippen molar-refractivity contribution in [1.82, 2.24) is 0 Å². The lowest BCUT2D eigenvalue weighted by Gasteiger charge is -2.28. The summed E-state index contributed by atoms with van der Waals surface area (Å²) in [6.07, 6.45) is 23.1. The van der Waals surface area contributed by atoms with Gasteiger partial charge in [0.15, 0.2) is 0 Å². The molecule has 0 aliphatic rings. The van der Waals surface area contributed by atoms with Crippen LogP contribution in [0.2, 0.25) is 0 Å². The molecule has 0 aromatic carbocycles. The quantitative estimate of drug-likeness (QED) is 0.0749. The van der Waals surface area contributed by atoms with Gasteiger partial charge in [0.05, 0.1) is 27.7 Å². The van der Waals surface area contributed by atoms with Gasteiger partial charge in [0.1, 0.15) is 13.2 Å². The van der Waals surface area contributed by atoms with Crippen LogP contribution in [0.3, 0.4) is 0 Å². The maximum Gasteiger partial charge on any atom is 0.268 e. The molecule has 33 heavy (non-hydrogen) atoms. The van der Waals surface area contributed by atoms with Gasteiger partial charge in [-0.1, -0.05) is 83.3 Å². The predicted molar refractivity (Wildman–Crippen MR) is 137 cm³/mol. The lowest BCUT2D eigenvalue weighted by Crippen LogP contribution is -2.37. The minimum Gasteiger partial charge on any atom is -0.756 e. The molecule has 0 heterocycles. The third-order valence-corrected chi connectivity index (χ3v) is 6.83. The zero-order chi connectivity index (χ0) is 24.8. The van der Waals surface area contributed by atoms with E-state index in [1.807, 2.05) is 21.1 Å². The van der Waals surface area contributed by atoms with Gasteiger partial charge in [-0.2, -0.15) is 0 Å². The van der Waals surface area contributed by atoms with Gasteiger partial charge in [-0.25, -0.2) is 0 Å². The molecule has 7 heteroatoms. The van der Waals surface area contributed by atoms with Crippen molar-refractivity contribution in [3.05, 3.63) is 12.2 Å². The van der Waals surface area contributed by atoms with Gasteiger partial charge in [-0.3, -0.25) is 4.57 Å². The minimum atomic E-state index is -4.30. The third kappa shape index (κ3) is 24.7. The Kier molecular flexibility index (Phi) is 20.9. The van der Waals surface area contributed by atoms with E-state index in [-0.39, 0.29) is 25.7 Å². The van der Waals surface area contributed by atoms with Gasteiger partial charge >= 0.3 is 0 Å². The highest BCUT2D eigenvalue weighted by atomic mass is 31.2. The van der Waals surface area contributed by atoms with Crippen LogP contribution in [0.5, 0.6) is 0 Å². The molecule has 0 saturated carbocycles. The number of hydrogen-bond acceptors (Lipinski definition) is 5. The van der Waals surface area contributed by atoms with Crippen LogP contribution in [-0.2, 0) is 13.6 Å². The topological polar surface area (TPSA) is 78.8 Å². The molecule has 0 spiro atoms. The Hall–Kier alpha value is -0.230. The van der Waals surface area contributed by atoms with Gasteiger partial charge in [-0.15, -0.1) is 0 Å². The molecule has 0 amide bonds. The molecule has 0 rings (SSSR count). The summed E-state index contributed by atoms with van der Waals surface area (Å²) >= 11 is 0. The minimum absolute atomic E-state index is 0.00721. The molecule has 1 N–H and O–H groups in total. The Morgan fingerprint density at radius 1 is 0.848 bits per heavy atom. The largest absolute Gasteiger partial charge is 0.756 e. The summed E-state index contributed by atoms with van der Waals surface area (Å²) in [6, 6.07) is 0. The first-order valence-corrected chi connectivity index (χ1v) is 14.8. The number of likely N-dealkylation sites (N-methyl/N-ethyl adjacent to an activating group) is 1. The van der Waals surface area contributed by atoms with E-state index < -0.39 is 7.82 Å². The van der Waals surface area contributed by atoms with Crippen LogP contribution in [0.4, 0.5) is 0 Å². The van der Waals surface area contributed by atoms with Crippen LogP contribution in [0.15, 0.2) is 12.2 Å². The van der Waals surface area contributed by atoms with Crippen molar-refractivity contribution in [3.8, 4) is 0 Å². The average Bonchev–Trinajstić information content (AvgIpc) is 2.74. The Balaban J connectivity index is 3.61. The molecule has 0 radical (unpaired) electrons. The van der Waals surface area contributed by atoms with Crippen molar-refractivity contribution < 1.29 is 28.1 Å². The molecule has 2 atom stereocenters. The predicted octanol–water partition coefficient (Wildman–Crippen LogP) is 6.23. The van der Waals surface area contributed by atoms with Crippen LogP contribution in [0.1, 0.15) is 103 Å². The SMILES string of the molecule is CCCCCCCC/C=C\CCCCCCCCC(CO)COP(=O)([O-])OCC[N+](C)(C)C. The summed E-state index contributed by atoms with van der Waals surface area (Å²) in [7, 11) is 1.61. The number of quaternary nitrogens is 1. The maximum atomic E-state index is 11.9. The third-order valence-electron chi connectivity index (χ3n) is 5.86. The number of unbranched alkanes of at least 4 members (excludes halogenated alkanes) is 12. The summed E-state index contributed by atoms with van der Waals surface area (Å²) < 4.78 is 22.4. The van der Waals surface area contributed by atoms with Gasteiger partial charge in [-0.05, 0) is 32.1 Å². The number of aliphatic hydroxyl groups excluding tert-OH is 1. The number of nitrogens with zero attached hydrogens (tertiary/aromatic N) is 1. The van der Waals surface area contributed by atoms with Crippen molar-refractivity contribution in [1.29, 1.82) is 0 Å². The van der Waals surface area contributed by atoms with Gasteiger partial charge in [0, 0.05) is 12.5 Å². The lowest BCUT2D eigenvalue weighted by molar-refractivity contribution is -0.870. The summed E-state index contributed by atoms with van der Waals surface area (Å²) in [6.45, 7) is 2.86. The van der Waals surface area contributed by atoms with Crippen LogP contribution in [0, 0.1) is 5.92 Å². The first-order valence-electron chi connectivity index (χ1n) is 13.4. The molecule has 0 aliphatic carbocycles. The van der Waals surface area contributed by atoms with Crippen LogP contribution < -0.4 is 4.89 Å². The molecular weight excluding hydrogens is 437 g/mol. The van der Waals surface area contributed by atoms with E-state index in [0.717, 1.165) is 19.3 Å². The Morgan fingerprint density at radius 3 is 1.88 bits per heavy atom. The van der Waals surface area contributed by atoms with E-state index in [4.69, 9.17) is 9.05 Å². The molecule has 0 bridgehead atoms. The van der Waals surface area contributed by atoms with E-state index in [0.29, 0.717) is 11.0 Å². The number of phosphoric acid groups is 1. The number of allylic oxidation sites excluding steroid dienone is 2. The van der Waals surface area contributed by atoms with E-state index in [2.05, 4.69) is 19.1 Å². The standard InChI is InChI=1S/C26H54NO5P/c1-5-6-7-8-9-10-11-12-13-14-15-16-17-18-19-20-21-26(24-28)25-32-33(29,30)31-23-22-27(2,3)4/h12-13,26,28H,5-11,14-25H2,1-4H3/b13-12-. The van der Waals surface area contributed by atoms with E-state index in [1.54, 1.807) is 0 Å². The summed E-state index contributed by atoms with van der Waals surface area (Å²) in [5, 5.41) is 9.51. The number of hydrogen-bond donors (Lipinski definition) is 1. The zero-order valence-corrected chi connectivity index (χ0v) is 23.0. The zero-order valence-electron chi connectivity index (χ0n) is 22.1. The summed E-state index contributed by atoms with van der Waals surface area (Å²) in [4.78, 5) is 11.9. The number of rotatable bonds is 24. The van der Waals surface area contributed by atoms with Crippen LogP contribution in [0.25, 0.3) is 0 Å². The summed E-state index contributed by atoms with van der Waals surface area (Å²) in [5.41, 5.74) is 0. The molecule has 0 aromatic rings. The second-order valence-corrected chi connectivity index (χ2v) is 11.8. The monoisotopic (exact) mass is 491 g/mol. The fourth-order valence-corrected chi connectivity index (χ4v) is 4.34. The van der Waals surface area contributed by atoms with Gasteiger partial charge in [0.2, 0.25) is 0 Å². The van der Waals surface area contributed by atoms with E-state index in [1.165, 1.54) is 77.0 Å². The van der Waals surface area contributed by atoms with E-state index >= 15 is 0 Å². The fourth-order valence-electron chi connectivity index (χ4n) is 3.57. The van der Waals surface area contributed by atoms with Crippen molar-refractivity contribution in [2.45, 2.75) is 103 Å². The Bertz CT molecular complexity index is 507. The number of aliphatic hydroxyl groups is 1. The highest BCUT2D eigenvalue weighted by molar-refractivity contribution is 7.45. The van der Waals surface area contributed by atoms with Crippen LogP contribution in [-0.4, -0.2) is 57.1 Å². The number of phosphoric ester groups is 1. The van der Waals surface area contributed by atoms with Crippen molar-refractivity contribution in [2.24, 2.45) is 5.92 Å². The molecule has 6 nitrogen and oxygen atoms in total. The first-order chi connectivity index (χ1) is 15.7. The molecular formula is C26H54NO5P. The lowest BCUT2D eigenvalue weighted by atomic mass is 10.0. The highest BCUT2D eigenvalue weighted by Gasteiger charge is 2.16. The maximum absolute atomic E-state index is 11.9. The second-order valence-electron chi connectivity index (χ2n) is 10.4. The van der Waals surface area contributed by atoms with Crippen molar-refractivity contribution in [2.75, 3.05) is 47.5 Å². The highest BCUT2D eigenvalue weighted by Crippen LogP contribution is 2.38. The first kappa shape index (κ1) is 32.8. The smallest absolute Gasteiger partial charge is 0.268 e. The fraction of sp³-hybridized carbons (Fsp3) is 0.923.